The standard InChI is InChI=1S/C26H18F2N2O4S/c1-2-35(32,33)23-10-17(26(14-29)5-6-26)12-30-24(23)21-13-34-22-9-15(3-4-20(22)25(21)31)16-7-18(27)11-19(28)8-16/h3-4,7-13H,2,5-6H2,1H3. The fourth-order valence-corrected chi connectivity index (χ4v) is 5.16. The molecule has 0 bridgehead atoms. The lowest BCUT2D eigenvalue weighted by Crippen LogP contribution is -2.14. The van der Waals surface area contributed by atoms with Gasteiger partial charge in [0.2, 0.25) is 5.43 Å². The molecule has 2 heterocycles. The molecule has 0 amide bonds. The Balaban J connectivity index is 1.67. The van der Waals surface area contributed by atoms with E-state index in [1.54, 1.807) is 0 Å². The number of nitrogens with zero attached hydrogens (tertiary/aromatic N) is 2. The quantitative estimate of drug-likeness (QED) is 0.382. The Labute approximate surface area is 199 Å². The summed E-state index contributed by atoms with van der Waals surface area (Å²) in [6.45, 7) is 1.49. The Kier molecular flexibility index (Phi) is 5.29. The Morgan fingerprint density at radius 3 is 2.43 bits per heavy atom. The molecule has 35 heavy (non-hydrogen) atoms. The average Bonchev–Trinajstić information content (AvgIpc) is 3.65. The van der Waals surface area contributed by atoms with Crippen LogP contribution in [-0.4, -0.2) is 19.2 Å². The lowest BCUT2D eigenvalue weighted by Gasteiger charge is -2.13. The van der Waals surface area contributed by atoms with Crippen LogP contribution < -0.4 is 5.43 Å². The lowest BCUT2D eigenvalue weighted by molar-refractivity contribution is 0.584. The van der Waals surface area contributed by atoms with Crippen molar-refractivity contribution in [3.05, 3.63) is 82.3 Å². The van der Waals surface area contributed by atoms with Crippen molar-refractivity contribution in [2.24, 2.45) is 0 Å². The molecule has 4 aromatic rings. The van der Waals surface area contributed by atoms with Gasteiger partial charge in [-0.05, 0) is 59.9 Å². The summed E-state index contributed by atoms with van der Waals surface area (Å²) in [5, 5.41) is 9.67. The maximum Gasteiger partial charge on any atom is 0.202 e. The largest absolute Gasteiger partial charge is 0.463 e. The monoisotopic (exact) mass is 492 g/mol. The second kappa shape index (κ2) is 8.10. The number of pyridine rings is 1. The summed E-state index contributed by atoms with van der Waals surface area (Å²) in [5.74, 6) is -1.68. The SMILES string of the molecule is CCS(=O)(=O)c1cc(C2(C#N)CC2)cnc1-c1coc2cc(-c3cc(F)cc(F)c3)ccc2c1=O. The molecular formula is C26H18F2N2O4S. The topological polar surface area (TPSA) is 101 Å². The molecule has 176 valence electrons. The van der Waals surface area contributed by atoms with Crippen LogP contribution in [0.25, 0.3) is 33.4 Å². The predicted octanol–water partition coefficient (Wildman–Crippen LogP) is 5.15. The summed E-state index contributed by atoms with van der Waals surface area (Å²) in [4.78, 5) is 17.5. The van der Waals surface area contributed by atoms with Crippen molar-refractivity contribution in [1.82, 2.24) is 4.98 Å². The van der Waals surface area contributed by atoms with E-state index in [-0.39, 0.29) is 38.4 Å². The third-order valence-corrected chi connectivity index (χ3v) is 8.05. The van der Waals surface area contributed by atoms with Gasteiger partial charge in [0.15, 0.2) is 9.84 Å². The Hall–Kier alpha value is -3.90. The van der Waals surface area contributed by atoms with Gasteiger partial charge in [0.25, 0.3) is 0 Å². The molecule has 0 N–H and O–H groups in total. The van der Waals surface area contributed by atoms with Crippen molar-refractivity contribution in [2.75, 3.05) is 5.75 Å². The molecule has 0 atom stereocenters. The van der Waals surface area contributed by atoms with Crippen LogP contribution in [0.3, 0.4) is 0 Å². The molecule has 2 aromatic heterocycles. The Bertz CT molecular complexity index is 1700. The molecule has 6 nitrogen and oxygen atoms in total. The van der Waals surface area contributed by atoms with Crippen molar-refractivity contribution in [3.63, 3.8) is 0 Å². The summed E-state index contributed by atoms with van der Waals surface area (Å²) < 4.78 is 58.7. The van der Waals surface area contributed by atoms with Crippen LogP contribution in [0.5, 0.6) is 0 Å². The number of rotatable bonds is 5. The molecule has 5 rings (SSSR count). The minimum absolute atomic E-state index is 0.0394. The van der Waals surface area contributed by atoms with Gasteiger partial charge < -0.3 is 4.42 Å². The highest BCUT2D eigenvalue weighted by atomic mass is 32.2. The van der Waals surface area contributed by atoms with Crippen molar-refractivity contribution in [3.8, 4) is 28.5 Å². The van der Waals surface area contributed by atoms with E-state index >= 15 is 0 Å². The molecule has 9 heteroatoms. The van der Waals surface area contributed by atoms with Gasteiger partial charge >= 0.3 is 0 Å². The van der Waals surface area contributed by atoms with E-state index in [4.69, 9.17) is 4.42 Å². The number of sulfone groups is 1. The van der Waals surface area contributed by atoms with Gasteiger partial charge in [-0.2, -0.15) is 5.26 Å². The van der Waals surface area contributed by atoms with E-state index in [1.807, 2.05) is 0 Å². The summed E-state index contributed by atoms with van der Waals surface area (Å²) in [6.07, 6.45) is 3.80. The summed E-state index contributed by atoms with van der Waals surface area (Å²) in [6, 6.07) is 11.2. The van der Waals surface area contributed by atoms with Crippen molar-refractivity contribution < 1.29 is 21.6 Å². The van der Waals surface area contributed by atoms with E-state index in [0.29, 0.717) is 24.0 Å². The second-order valence-electron chi connectivity index (χ2n) is 8.52. The number of benzene rings is 2. The average molecular weight is 493 g/mol. The summed E-state index contributed by atoms with van der Waals surface area (Å²) >= 11 is 0. The normalized spacial score (nSPS) is 14.6. The second-order valence-corrected chi connectivity index (χ2v) is 10.8. The molecule has 0 aliphatic heterocycles. The molecule has 0 radical (unpaired) electrons. The predicted molar refractivity (Wildman–Crippen MR) is 125 cm³/mol. The van der Waals surface area contributed by atoms with Crippen LogP contribution in [0.15, 0.2) is 69.0 Å². The Morgan fingerprint density at radius 2 is 1.80 bits per heavy atom. The van der Waals surface area contributed by atoms with Crippen LogP contribution in [0.1, 0.15) is 25.3 Å². The van der Waals surface area contributed by atoms with Gasteiger partial charge in [0, 0.05) is 12.3 Å². The lowest BCUT2D eigenvalue weighted by atomic mass is 9.98. The molecule has 2 aromatic carbocycles. The first-order valence-electron chi connectivity index (χ1n) is 10.8. The van der Waals surface area contributed by atoms with Crippen molar-refractivity contribution >= 4 is 20.8 Å². The highest BCUT2D eigenvalue weighted by molar-refractivity contribution is 7.91. The molecule has 1 aliphatic rings. The maximum absolute atomic E-state index is 13.6. The van der Waals surface area contributed by atoms with E-state index in [1.165, 1.54) is 37.4 Å². The molecule has 0 spiro atoms. The zero-order valence-corrected chi connectivity index (χ0v) is 19.3. The smallest absolute Gasteiger partial charge is 0.202 e. The van der Waals surface area contributed by atoms with Crippen LogP contribution in [-0.2, 0) is 15.3 Å². The molecule has 0 unspecified atom stereocenters. The van der Waals surface area contributed by atoms with Crippen LogP contribution in [0, 0.1) is 23.0 Å². The van der Waals surface area contributed by atoms with Gasteiger partial charge in [-0.15, -0.1) is 0 Å². The highest BCUT2D eigenvalue weighted by Gasteiger charge is 2.46. The van der Waals surface area contributed by atoms with Gasteiger partial charge in [0.05, 0.1) is 38.8 Å². The molecule has 1 fully saturated rings. The summed E-state index contributed by atoms with van der Waals surface area (Å²) in [7, 11) is -3.78. The number of fused-ring (bicyclic) bond motifs is 1. The molecular weight excluding hydrogens is 474 g/mol. The third-order valence-electron chi connectivity index (χ3n) is 6.31. The van der Waals surface area contributed by atoms with E-state index < -0.39 is 32.3 Å². The van der Waals surface area contributed by atoms with Gasteiger partial charge in [-0.1, -0.05) is 13.0 Å². The molecule has 1 saturated carbocycles. The zero-order valence-electron chi connectivity index (χ0n) is 18.5. The van der Waals surface area contributed by atoms with Crippen molar-refractivity contribution in [1.29, 1.82) is 5.26 Å². The van der Waals surface area contributed by atoms with Gasteiger partial charge in [0.1, 0.15) is 23.5 Å². The highest BCUT2D eigenvalue weighted by Crippen LogP contribution is 2.48. The molecule has 0 saturated heterocycles. The number of nitriles is 1. The van der Waals surface area contributed by atoms with Crippen LogP contribution in [0.4, 0.5) is 8.78 Å². The number of halogens is 2. The zero-order chi connectivity index (χ0) is 25.0. The maximum atomic E-state index is 13.6. The van der Waals surface area contributed by atoms with Gasteiger partial charge in [-0.25, -0.2) is 17.2 Å². The first-order valence-corrected chi connectivity index (χ1v) is 12.5. The van der Waals surface area contributed by atoms with Crippen molar-refractivity contribution in [2.45, 2.75) is 30.1 Å². The first-order chi connectivity index (χ1) is 16.7. The van der Waals surface area contributed by atoms with Crippen LogP contribution >= 0.6 is 0 Å². The number of aromatic nitrogens is 1. The fourth-order valence-electron chi connectivity index (χ4n) is 4.08. The van der Waals surface area contributed by atoms with E-state index in [9.17, 15) is 27.3 Å². The van der Waals surface area contributed by atoms with E-state index in [2.05, 4.69) is 11.1 Å². The first kappa shape index (κ1) is 22.9. The third kappa shape index (κ3) is 3.90. The Morgan fingerprint density at radius 1 is 1.09 bits per heavy atom. The fraction of sp³-hybridized carbons (Fsp3) is 0.192. The number of hydrogen-bond donors (Lipinski definition) is 0. The minimum atomic E-state index is -3.78. The van der Waals surface area contributed by atoms with Gasteiger partial charge in [-0.3, -0.25) is 9.78 Å². The minimum Gasteiger partial charge on any atom is -0.463 e. The van der Waals surface area contributed by atoms with Crippen LogP contribution in [0.2, 0.25) is 0 Å². The van der Waals surface area contributed by atoms with E-state index in [0.717, 1.165) is 24.5 Å². The molecule has 1 aliphatic carbocycles. The number of hydrogen-bond acceptors (Lipinski definition) is 6. The summed E-state index contributed by atoms with van der Waals surface area (Å²) in [5.41, 5.74) is 0.0542.